The molecule has 0 radical (unpaired) electrons. The fourth-order valence-electron chi connectivity index (χ4n) is 2.80. The number of rotatable bonds is 5. The van der Waals surface area contributed by atoms with Crippen molar-refractivity contribution >= 4 is 11.8 Å². The molecule has 1 aliphatic carbocycles. The van der Waals surface area contributed by atoms with Gasteiger partial charge in [-0.25, -0.2) is 4.98 Å². The fraction of sp³-hybridized carbons (Fsp3) is 0.750. The van der Waals surface area contributed by atoms with E-state index in [0.29, 0.717) is 5.92 Å². The lowest BCUT2D eigenvalue weighted by Crippen LogP contribution is -2.26. The average Bonchev–Trinajstić information content (AvgIpc) is 3.30. The Morgan fingerprint density at radius 2 is 1.90 bits per heavy atom. The summed E-state index contributed by atoms with van der Waals surface area (Å²) in [5, 5.41) is 3.43. The summed E-state index contributed by atoms with van der Waals surface area (Å²) >= 11 is 0. The van der Waals surface area contributed by atoms with Crippen LogP contribution in [0.15, 0.2) is 6.07 Å². The Kier molecular flexibility index (Phi) is 4.38. The topological polar surface area (TPSA) is 41.1 Å². The lowest BCUT2D eigenvalue weighted by atomic mass is 10.2. The number of aromatic nitrogens is 2. The van der Waals surface area contributed by atoms with Crippen LogP contribution in [0.3, 0.4) is 0 Å². The van der Waals surface area contributed by atoms with Crippen molar-refractivity contribution in [3.63, 3.8) is 0 Å². The van der Waals surface area contributed by atoms with Gasteiger partial charge in [-0.2, -0.15) is 4.98 Å². The molecule has 0 bridgehead atoms. The van der Waals surface area contributed by atoms with Gasteiger partial charge in [0.05, 0.1) is 5.69 Å². The summed E-state index contributed by atoms with van der Waals surface area (Å²) in [7, 11) is 0. The molecule has 1 saturated heterocycles. The molecule has 0 atom stereocenters. The Hall–Kier alpha value is -1.32. The van der Waals surface area contributed by atoms with Crippen LogP contribution < -0.4 is 10.2 Å². The van der Waals surface area contributed by atoms with Crippen molar-refractivity contribution < 1.29 is 0 Å². The van der Waals surface area contributed by atoms with E-state index in [1.807, 2.05) is 0 Å². The van der Waals surface area contributed by atoms with Gasteiger partial charge in [-0.1, -0.05) is 19.8 Å². The highest BCUT2D eigenvalue weighted by molar-refractivity contribution is 5.45. The van der Waals surface area contributed by atoms with Crippen LogP contribution in [0.4, 0.5) is 11.8 Å². The highest BCUT2D eigenvalue weighted by Crippen LogP contribution is 2.40. The first-order valence-electron chi connectivity index (χ1n) is 8.24. The number of anilines is 2. The molecule has 2 fully saturated rings. The Bertz CT molecular complexity index is 434. The first-order chi connectivity index (χ1) is 9.86. The molecule has 0 aromatic carbocycles. The van der Waals surface area contributed by atoms with E-state index in [0.717, 1.165) is 37.8 Å². The van der Waals surface area contributed by atoms with Crippen LogP contribution in [0, 0.1) is 0 Å². The minimum Gasteiger partial charge on any atom is -0.370 e. The highest BCUT2D eigenvalue weighted by Gasteiger charge is 2.27. The minimum atomic E-state index is 0.686. The van der Waals surface area contributed by atoms with Gasteiger partial charge in [0.25, 0.3) is 0 Å². The molecule has 110 valence electrons. The molecule has 2 heterocycles. The van der Waals surface area contributed by atoms with Gasteiger partial charge in [-0.05, 0) is 32.1 Å². The Balaban J connectivity index is 1.81. The Labute approximate surface area is 122 Å². The Morgan fingerprint density at radius 3 is 2.55 bits per heavy atom. The molecule has 3 rings (SSSR count). The molecule has 1 aromatic heterocycles. The molecular weight excluding hydrogens is 248 g/mol. The van der Waals surface area contributed by atoms with Gasteiger partial charge in [-0.15, -0.1) is 0 Å². The molecule has 4 heteroatoms. The van der Waals surface area contributed by atoms with Crippen LogP contribution in [0.2, 0.25) is 0 Å². The second-order valence-electron chi connectivity index (χ2n) is 6.08. The third-order valence-corrected chi connectivity index (χ3v) is 4.17. The summed E-state index contributed by atoms with van der Waals surface area (Å²) < 4.78 is 0. The third kappa shape index (κ3) is 3.41. The number of hydrogen-bond donors (Lipinski definition) is 1. The number of nitrogens with zero attached hydrogens (tertiary/aromatic N) is 3. The zero-order chi connectivity index (χ0) is 13.8. The predicted molar refractivity (Wildman–Crippen MR) is 83.5 cm³/mol. The van der Waals surface area contributed by atoms with E-state index < -0.39 is 0 Å². The molecule has 1 aliphatic heterocycles. The van der Waals surface area contributed by atoms with Gasteiger partial charge in [-0.3, -0.25) is 0 Å². The van der Waals surface area contributed by atoms with Crippen LogP contribution in [0.1, 0.15) is 63.5 Å². The Morgan fingerprint density at radius 1 is 1.15 bits per heavy atom. The van der Waals surface area contributed by atoms with Crippen molar-refractivity contribution in [2.75, 3.05) is 29.9 Å². The molecule has 20 heavy (non-hydrogen) atoms. The lowest BCUT2D eigenvalue weighted by molar-refractivity contribution is 0.726. The molecule has 1 saturated carbocycles. The second kappa shape index (κ2) is 6.42. The zero-order valence-corrected chi connectivity index (χ0v) is 12.6. The SMILES string of the molecule is CCCNc1cc(C2CC2)nc(N2CCCCCC2)n1. The zero-order valence-electron chi connectivity index (χ0n) is 12.6. The standard InChI is InChI=1S/C16H26N4/c1-2-9-17-15-12-14(13-7-8-13)18-16(19-15)20-10-5-3-4-6-11-20/h12-13H,2-11H2,1H3,(H,17,18,19). The van der Waals surface area contributed by atoms with Gasteiger partial charge in [0.15, 0.2) is 0 Å². The number of nitrogens with one attached hydrogen (secondary N) is 1. The van der Waals surface area contributed by atoms with Crippen molar-refractivity contribution in [3.8, 4) is 0 Å². The van der Waals surface area contributed by atoms with Gasteiger partial charge >= 0.3 is 0 Å². The summed E-state index contributed by atoms with van der Waals surface area (Å²) in [5.74, 6) is 2.66. The normalized spacial score (nSPS) is 19.8. The predicted octanol–water partition coefficient (Wildman–Crippen LogP) is 3.56. The van der Waals surface area contributed by atoms with Crippen molar-refractivity contribution in [1.82, 2.24) is 9.97 Å². The molecule has 0 amide bonds. The third-order valence-electron chi connectivity index (χ3n) is 4.17. The largest absolute Gasteiger partial charge is 0.370 e. The van der Waals surface area contributed by atoms with Crippen molar-refractivity contribution in [1.29, 1.82) is 0 Å². The summed E-state index contributed by atoms with van der Waals surface area (Å²) in [6, 6.07) is 2.16. The summed E-state index contributed by atoms with van der Waals surface area (Å²) in [5.41, 5.74) is 1.25. The molecule has 1 N–H and O–H groups in total. The summed E-state index contributed by atoms with van der Waals surface area (Å²) in [6.45, 7) is 5.40. The van der Waals surface area contributed by atoms with E-state index in [2.05, 4.69) is 23.2 Å². The smallest absolute Gasteiger partial charge is 0.227 e. The average molecular weight is 274 g/mol. The van der Waals surface area contributed by atoms with Crippen LogP contribution in [-0.2, 0) is 0 Å². The molecule has 2 aliphatic rings. The van der Waals surface area contributed by atoms with Crippen LogP contribution in [0.25, 0.3) is 0 Å². The first kappa shape index (κ1) is 13.7. The monoisotopic (exact) mass is 274 g/mol. The second-order valence-corrected chi connectivity index (χ2v) is 6.08. The van der Waals surface area contributed by atoms with E-state index >= 15 is 0 Å². The maximum absolute atomic E-state index is 4.84. The van der Waals surface area contributed by atoms with E-state index in [-0.39, 0.29) is 0 Å². The summed E-state index contributed by atoms with van der Waals surface area (Å²) in [4.78, 5) is 12.0. The van der Waals surface area contributed by atoms with Crippen molar-refractivity contribution in [2.24, 2.45) is 0 Å². The van der Waals surface area contributed by atoms with E-state index in [1.54, 1.807) is 0 Å². The molecule has 4 nitrogen and oxygen atoms in total. The fourth-order valence-corrected chi connectivity index (χ4v) is 2.80. The van der Waals surface area contributed by atoms with E-state index in [1.165, 1.54) is 44.2 Å². The lowest BCUT2D eigenvalue weighted by Gasteiger charge is -2.21. The molecule has 0 unspecified atom stereocenters. The van der Waals surface area contributed by atoms with E-state index in [4.69, 9.17) is 9.97 Å². The molecule has 0 spiro atoms. The van der Waals surface area contributed by atoms with E-state index in [9.17, 15) is 0 Å². The van der Waals surface area contributed by atoms with Crippen LogP contribution >= 0.6 is 0 Å². The van der Waals surface area contributed by atoms with Gasteiger partial charge in [0.2, 0.25) is 5.95 Å². The number of hydrogen-bond acceptors (Lipinski definition) is 4. The molecular formula is C16H26N4. The maximum atomic E-state index is 4.84. The van der Waals surface area contributed by atoms with Crippen LogP contribution in [-0.4, -0.2) is 29.6 Å². The molecule has 1 aromatic rings. The van der Waals surface area contributed by atoms with Crippen molar-refractivity contribution in [2.45, 2.75) is 57.8 Å². The maximum Gasteiger partial charge on any atom is 0.227 e. The van der Waals surface area contributed by atoms with Gasteiger partial charge < -0.3 is 10.2 Å². The first-order valence-corrected chi connectivity index (χ1v) is 8.24. The van der Waals surface area contributed by atoms with Crippen LogP contribution in [0.5, 0.6) is 0 Å². The van der Waals surface area contributed by atoms with Gasteiger partial charge in [0, 0.05) is 31.6 Å². The quantitative estimate of drug-likeness (QED) is 0.891. The minimum absolute atomic E-state index is 0.686. The summed E-state index contributed by atoms with van der Waals surface area (Å²) in [6.07, 6.45) is 8.96. The highest BCUT2D eigenvalue weighted by atomic mass is 15.3. The van der Waals surface area contributed by atoms with Gasteiger partial charge in [0.1, 0.15) is 5.82 Å². The van der Waals surface area contributed by atoms with Crippen molar-refractivity contribution in [3.05, 3.63) is 11.8 Å².